The van der Waals surface area contributed by atoms with E-state index in [1.54, 1.807) is 0 Å². The molecule has 3 rings (SSSR count). The zero-order valence-electron chi connectivity index (χ0n) is 19.6. The van der Waals surface area contributed by atoms with Crippen LogP contribution in [0.15, 0.2) is 42.5 Å². The van der Waals surface area contributed by atoms with Crippen LogP contribution < -0.4 is 15.4 Å². The number of amides is 1. The van der Waals surface area contributed by atoms with Crippen molar-refractivity contribution in [3.63, 3.8) is 0 Å². The van der Waals surface area contributed by atoms with E-state index in [0.717, 1.165) is 36.5 Å². The van der Waals surface area contributed by atoms with Crippen LogP contribution in [0.2, 0.25) is 0 Å². The van der Waals surface area contributed by atoms with Crippen molar-refractivity contribution in [2.75, 3.05) is 25.5 Å². The summed E-state index contributed by atoms with van der Waals surface area (Å²) < 4.78 is 5.81. The fraction of sp³-hybridized carbons (Fsp3) is 0.480. The van der Waals surface area contributed by atoms with Gasteiger partial charge in [-0.05, 0) is 63.1 Å². The summed E-state index contributed by atoms with van der Waals surface area (Å²) in [7, 11) is 1.83. The molecule has 0 aliphatic carbocycles. The van der Waals surface area contributed by atoms with E-state index < -0.39 is 12.0 Å². The molecule has 1 fully saturated rings. The molecule has 1 aliphatic heterocycles. The fourth-order valence-corrected chi connectivity index (χ4v) is 4.15. The van der Waals surface area contributed by atoms with Crippen molar-refractivity contribution in [3.05, 3.63) is 53.7 Å². The normalized spacial score (nSPS) is 17.0. The van der Waals surface area contributed by atoms with Crippen LogP contribution in [-0.4, -0.2) is 65.2 Å². The Morgan fingerprint density at radius 3 is 2.64 bits per heavy atom. The third-order valence-electron chi connectivity index (χ3n) is 5.93. The van der Waals surface area contributed by atoms with E-state index in [9.17, 15) is 14.7 Å². The number of hydrogen-bond donors (Lipinski definition) is 3. The summed E-state index contributed by atoms with van der Waals surface area (Å²) in [5.74, 6) is 0.290. The quantitative estimate of drug-likeness (QED) is 0.480. The number of carboxylic acid groups (broad SMARTS) is 1. The first-order chi connectivity index (χ1) is 15.9. The number of rotatable bonds is 11. The van der Waals surface area contributed by atoms with Gasteiger partial charge in [0.15, 0.2) is 0 Å². The number of aliphatic carboxylic acids is 1. The van der Waals surface area contributed by atoms with Crippen molar-refractivity contribution in [2.24, 2.45) is 0 Å². The van der Waals surface area contributed by atoms with Gasteiger partial charge in [0.1, 0.15) is 17.6 Å². The molecular weight excluding hydrogens is 420 g/mol. The molecule has 1 amide bonds. The van der Waals surface area contributed by atoms with E-state index in [2.05, 4.69) is 34.4 Å². The lowest BCUT2D eigenvalue weighted by Gasteiger charge is -2.28. The summed E-state index contributed by atoms with van der Waals surface area (Å²) in [5, 5.41) is 15.4. The summed E-state index contributed by atoms with van der Waals surface area (Å²) in [4.78, 5) is 31.1. The van der Waals surface area contributed by atoms with Crippen LogP contribution in [-0.2, 0) is 22.4 Å². The molecule has 0 bridgehead atoms. The molecule has 0 saturated carbocycles. The smallest absolute Gasteiger partial charge is 0.326 e. The van der Waals surface area contributed by atoms with Gasteiger partial charge in [0.2, 0.25) is 5.91 Å². The van der Waals surface area contributed by atoms with Crippen molar-refractivity contribution in [2.45, 2.75) is 57.7 Å². The summed E-state index contributed by atoms with van der Waals surface area (Å²) in [6, 6.07) is 12.2. The number of aromatic nitrogens is 1. The average molecular weight is 455 g/mol. The Hall–Kier alpha value is -3.13. The van der Waals surface area contributed by atoms with Crippen LogP contribution in [0.3, 0.4) is 0 Å². The number of pyridine rings is 1. The Bertz CT molecular complexity index is 932. The zero-order chi connectivity index (χ0) is 23.8. The number of hydrogen-bond acceptors (Lipinski definition) is 6. The van der Waals surface area contributed by atoms with Gasteiger partial charge >= 0.3 is 5.97 Å². The first-order valence-electron chi connectivity index (χ1n) is 11.5. The number of carbonyl (C=O) groups is 2. The van der Waals surface area contributed by atoms with Crippen molar-refractivity contribution >= 4 is 17.7 Å². The maximum Gasteiger partial charge on any atom is 0.326 e. The standard InChI is InChI=1S/C25H34N4O4/c1-17(2)29-14-5-7-22(29)24(30)28-21(25(31)32)16-18-9-11-20(12-10-18)33-15-13-19-6-4-8-23(26-3)27-19/h4,6,8-12,17,21-22H,5,7,13-16H2,1-3H3,(H,26,27)(H,28,30)(H,31,32). The maximum atomic E-state index is 12.7. The summed E-state index contributed by atoms with van der Waals surface area (Å²) in [6.07, 6.45) is 2.61. The predicted molar refractivity (Wildman–Crippen MR) is 128 cm³/mol. The van der Waals surface area contributed by atoms with E-state index in [1.807, 2.05) is 49.5 Å². The molecule has 0 spiro atoms. The zero-order valence-corrected chi connectivity index (χ0v) is 19.6. The summed E-state index contributed by atoms with van der Waals surface area (Å²) in [5.41, 5.74) is 1.77. The topological polar surface area (TPSA) is 104 Å². The predicted octanol–water partition coefficient (Wildman–Crippen LogP) is 2.73. The fourth-order valence-electron chi connectivity index (χ4n) is 4.15. The molecule has 178 valence electrons. The number of nitrogens with one attached hydrogen (secondary N) is 2. The van der Waals surface area contributed by atoms with Gasteiger partial charge < -0.3 is 20.5 Å². The van der Waals surface area contributed by atoms with Gasteiger partial charge in [-0.25, -0.2) is 9.78 Å². The molecule has 2 aromatic rings. The Kier molecular flexibility index (Phi) is 8.65. The number of carboxylic acids is 1. The van der Waals surface area contributed by atoms with Gasteiger partial charge in [-0.15, -0.1) is 0 Å². The van der Waals surface area contributed by atoms with Crippen LogP contribution in [0.1, 0.15) is 37.9 Å². The van der Waals surface area contributed by atoms with Crippen LogP contribution in [0.5, 0.6) is 5.75 Å². The van der Waals surface area contributed by atoms with Crippen LogP contribution in [0.25, 0.3) is 0 Å². The van der Waals surface area contributed by atoms with Gasteiger partial charge in [-0.3, -0.25) is 9.69 Å². The second kappa shape index (κ2) is 11.7. The lowest BCUT2D eigenvalue weighted by molar-refractivity contribution is -0.142. The molecule has 0 radical (unpaired) electrons. The molecule has 8 heteroatoms. The van der Waals surface area contributed by atoms with Crippen molar-refractivity contribution in [1.29, 1.82) is 0 Å². The SMILES string of the molecule is CNc1cccc(CCOc2ccc(CC(NC(=O)C3CCCN3C(C)C)C(=O)O)cc2)n1. The number of ether oxygens (including phenoxy) is 1. The molecule has 1 aliphatic rings. The Balaban J connectivity index is 1.52. The molecule has 8 nitrogen and oxygen atoms in total. The highest BCUT2D eigenvalue weighted by Gasteiger charge is 2.34. The highest BCUT2D eigenvalue weighted by Crippen LogP contribution is 2.20. The molecule has 2 atom stereocenters. The van der Waals surface area contributed by atoms with Gasteiger partial charge in [-0.1, -0.05) is 18.2 Å². The summed E-state index contributed by atoms with van der Waals surface area (Å²) in [6.45, 7) is 5.47. The number of carbonyl (C=O) groups excluding carboxylic acids is 1. The van der Waals surface area contributed by atoms with E-state index in [-0.39, 0.29) is 24.4 Å². The maximum absolute atomic E-state index is 12.7. The minimum atomic E-state index is -1.03. The molecule has 1 aromatic heterocycles. The van der Waals surface area contributed by atoms with E-state index in [4.69, 9.17) is 4.74 Å². The molecule has 1 aromatic carbocycles. The number of likely N-dealkylation sites (tertiary alicyclic amines) is 1. The highest BCUT2D eigenvalue weighted by molar-refractivity contribution is 5.87. The summed E-state index contributed by atoms with van der Waals surface area (Å²) >= 11 is 0. The highest BCUT2D eigenvalue weighted by atomic mass is 16.5. The van der Waals surface area contributed by atoms with E-state index >= 15 is 0 Å². The van der Waals surface area contributed by atoms with E-state index in [0.29, 0.717) is 18.8 Å². The Morgan fingerprint density at radius 2 is 1.97 bits per heavy atom. The van der Waals surface area contributed by atoms with Gasteiger partial charge in [0, 0.05) is 31.6 Å². The number of anilines is 1. The molecule has 1 saturated heterocycles. The third kappa shape index (κ3) is 6.92. The van der Waals surface area contributed by atoms with Crippen molar-refractivity contribution in [1.82, 2.24) is 15.2 Å². The molecule has 2 heterocycles. The van der Waals surface area contributed by atoms with Crippen LogP contribution in [0, 0.1) is 0 Å². The second-order valence-corrected chi connectivity index (χ2v) is 8.60. The van der Waals surface area contributed by atoms with Gasteiger partial charge in [-0.2, -0.15) is 0 Å². The molecule has 2 unspecified atom stereocenters. The second-order valence-electron chi connectivity index (χ2n) is 8.60. The minimum Gasteiger partial charge on any atom is -0.493 e. The van der Waals surface area contributed by atoms with Crippen molar-refractivity contribution in [3.8, 4) is 5.75 Å². The number of benzene rings is 1. The monoisotopic (exact) mass is 454 g/mol. The van der Waals surface area contributed by atoms with Crippen molar-refractivity contribution < 1.29 is 19.4 Å². The Labute approximate surface area is 195 Å². The minimum absolute atomic E-state index is 0.204. The van der Waals surface area contributed by atoms with Gasteiger partial charge in [0.05, 0.1) is 12.6 Å². The van der Waals surface area contributed by atoms with E-state index in [1.165, 1.54) is 0 Å². The lowest BCUT2D eigenvalue weighted by atomic mass is 10.0. The first kappa shape index (κ1) is 24.5. The van der Waals surface area contributed by atoms with Crippen LogP contribution in [0.4, 0.5) is 5.82 Å². The lowest BCUT2D eigenvalue weighted by Crippen LogP contribution is -2.51. The largest absolute Gasteiger partial charge is 0.493 e. The molecule has 3 N–H and O–H groups in total. The molecule has 33 heavy (non-hydrogen) atoms. The first-order valence-corrected chi connectivity index (χ1v) is 11.5. The van der Waals surface area contributed by atoms with Crippen LogP contribution >= 0.6 is 0 Å². The average Bonchev–Trinajstić information content (AvgIpc) is 3.30. The van der Waals surface area contributed by atoms with Gasteiger partial charge in [0.25, 0.3) is 0 Å². The third-order valence-corrected chi connectivity index (χ3v) is 5.93. The Morgan fingerprint density at radius 1 is 1.21 bits per heavy atom. The molecular formula is C25H34N4O4. The number of nitrogens with zero attached hydrogens (tertiary/aromatic N) is 2.